The molecule has 2 aliphatic heterocycles. The largest absolute Gasteiger partial charge is 0.486 e. The molecule has 0 aliphatic carbocycles. The Morgan fingerprint density at radius 3 is 2.75 bits per heavy atom. The first-order chi connectivity index (χ1) is 11.6. The zero-order chi connectivity index (χ0) is 16.9. The number of hydrogen-bond donors (Lipinski definition) is 2. The highest BCUT2D eigenvalue weighted by Crippen LogP contribution is 2.31. The zero-order valence-corrected chi connectivity index (χ0v) is 14.1. The lowest BCUT2D eigenvalue weighted by molar-refractivity contribution is -0.132. The van der Waals surface area contributed by atoms with Gasteiger partial charge >= 0.3 is 0 Å². The molecule has 2 heterocycles. The zero-order valence-electron chi connectivity index (χ0n) is 14.1. The van der Waals surface area contributed by atoms with Crippen LogP contribution in [0.4, 0.5) is 0 Å². The molecule has 1 fully saturated rings. The number of rotatable bonds is 5. The average molecular weight is 334 g/mol. The van der Waals surface area contributed by atoms with E-state index in [-0.39, 0.29) is 18.1 Å². The van der Waals surface area contributed by atoms with Gasteiger partial charge < -0.3 is 24.8 Å². The molecule has 1 aromatic carbocycles. The number of carbonyl (C=O) groups excluding carboxylic acids is 1. The summed E-state index contributed by atoms with van der Waals surface area (Å²) in [4.78, 5) is 14.4. The molecule has 0 saturated carbocycles. The molecule has 3 rings (SSSR count). The third kappa shape index (κ3) is 4.19. The highest BCUT2D eigenvalue weighted by molar-refractivity contribution is 5.81. The number of piperidine rings is 1. The maximum absolute atomic E-state index is 12.2. The number of benzene rings is 1. The van der Waals surface area contributed by atoms with Gasteiger partial charge in [-0.05, 0) is 45.0 Å². The number of hydrogen-bond acceptors (Lipinski definition) is 5. The molecule has 0 unspecified atom stereocenters. The van der Waals surface area contributed by atoms with Crippen LogP contribution in [0.15, 0.2) is 24.3 Å². The first-order valence-corrected chi connectivity index (χ1v) is 8.73. The summed E-state index contributed by atoms with van der Waals surface area (Å²) in [5.41, 5.74) is 0. The molecule has 0 spiro atoms. The second kappa shape index (κ2) is 7.85. The lowest BCUT2D eigenvalue weighted by atomic mass is 10.1. The Morgan fingerprint density at radius 2 is 2.00 bits per heavy atom. The number of nitrogens with one attached hydrogen (secondary N) is 1. The molecule has 1 aromatic rings. The molecule has 6 nitrogen and oxygen atoms in total. The first-order valence-electron chi connectivity index (χ1n) is 8.73. The summed E-state index contributed by atoms with van der Waals surface area (Å²) in [6, 6.07) is 7.24. The molecule has 132 valence electrons. The van der Waals surface area contributed by atoms with Crippen molar-refractivity contribution in [2.24, 2.45) is 0 Å². The summed E-state index contributed by atoms with van der Waals surface area (Å²) in [5, 5.41) is 13.0. The Morgan fingerprint density at radius 1 is 1.29 bits per heavy atom. The molecule has 1 amide bonds. The third-order valence-corrected chi connectivity index (χ3v) is 4.64. The van der Waals surface area contributed by atoms with Gasteiger partial charge in [-0.1, -0.05) is 18.6 Å². The van der Waals surface area contributed by atoms with Crippen LogP contribution < -0.4 is 14.8 Å². The average Bonchev–Trinajstić information content (AvgIpc) is 2.62. The Hall–Kier alpha value is -1.79. The monoisotopic (exact) mass is 334 g/mol. The minimum absolute atomic E-state index is 0.248. The van der Waals surface area contributed by atoms with Crippen molar-refractivity contribution >= 4 is 5.91 Å². The fourth-order valence-electron chi connectivity index (χ4n) is 3.17. The van der Waals surface area contributed by atoms with E-state index < -0.39 is 6.10 Å². The molecule has 0 bridgehead atoms. The Kier molecular flexibility index (Phi) is 5.58. The van der Waals surface area contributed by atoms with Crippen LogP contribution in [0.2, 0.25) is 0 Å². The molecular formula is C18H26N2O4. The topological polar surface area (TPSA) is 71.0 Å². The number of aliphatic hydroxyl groups is 1. The van der Waals surface area contributed by atoms with Gasteiger partial charge in [-0.2, -0.15) is 0 Å². The summed E-state index contributed by atoms with van der Waals surface area (Å²) < 4.78 is 11.6. The van der Waals surface area contributed by atoms with E-state index in [1.165, 1.54) is 6.42 Å². The number of β-amino-alcohol motifs (C(OH)–C–C–N with tert-alkyl or cyclic N) is 1. The van der Waals surface area contributed by atoms with Crippen molar-refractivity contribution in [3.63, 3.8) is 0 Å². The number of nitrogens with zero attached hydrogens (tertiary/aromatic N) is 1. The van der Waals surface area contributed by atoms with Gasteiger partial charge in [-0.3, -0.25) is 4.79 Å². The molecular weight excluding hydrogens is 308 g/mol. The maximum atomic E-state index is 12.2. The van der Waals surface area contributed by atoms with Crippen LogP contribution in [0.5, 0.6) is 11.5 Å². The van der Waals surface area contributed by atoms with Crippen LogP contribution in [0.1, 0.15) is 26.2 Å². The highest BCUT2D eigenvalue weighted by atomic mass is 16.6. The summed E-state index contributed by atoms with van der Waals surface area (Å²) in [7, 11) is 0. The van der Waals surface area contributed by atoms with Crippen molar-refractivity contribution in [2.75, 3.05) is 26.2 Å². The normalized spacial score (nSPS) is 23.3. The number of aliphatic hydroxyl groups excluding tert-OH is 1. The lowest BCUT2D eigenvalue weighted by Crippen LogP contribution is -2.52. The summed E-state index contributed by atoms with van der Waals surface area (Å²) in [6.07, 6.45) is 2.22. The predicted molar refractivity (Wildman–Crippen MR) is 90.3 cm³/mol. The molecule has 2 N–H and O–H groups in total. The summed E-state index contributed by atoms with van der Waals surface area (Å²) in [5.74, 6) is 1.05. The number of likely N-dealkylation sites (tertiary alicyclic amines) is 1. The Labute approximate surface area is 142 Å². The van der Waals surface area contributed by atoms with Crippen molar-refractivity contribution < 1.29 is 19.4 Å². The molecule has 2 aliphatic rings. The van der Waals surface area contributed by atoms with Gasteiger partial charge in [0, 0.05) is 6.54 Å². The molecule has 6 heteroatoms. The predicted octanol–water partition coefficient (Wildman–Crippen LogP) is 1.18. The smallest absolute Gasteiger partial charge is 0.250 e. The van der Waals surface area contributed by atoms with Crippen molar-refractivity contribution in [2.45, 2.75) is 44.4 Å². The van der Waals surface area contributed by atoms with E-state index >= 15 is 0 Å². The van der Waals surface area contributed by atoms with Crippen LogP contribution in [0.3, 0.4) is 0 Å². The standard InChI is InChI=1S/C18H26N2O4/c1-13(17-12-23-15-7-3-4-8-16(15)24-17)19-18(22)14(21)11-20-9-5-2-6-10-20/h3-4,7-8,13-14,17,21H,2,5-6,9-12H2,1H3,(H,19,22)/t13-,14-,17-/m1/s1. The fraction of sp³-hybridized carbons (Fsp3) is 0.611. The van der Waals surface area contributed by atoms with Crippen LogP contribution in [-0.2, 0) is 4.79 Å². The molecule has 3 atom stereocenters. The summed E-state index contributed by atoms with van der Waals surface area (Å²) in [6.45, 7) is 4.55. The highest BCUT2D eigenvalue weighted by Gasteiger charge is 2.29. The number of para-hydroxylation sites is 2. The number of fused-ring (bicyclic) bond motifs is 1. The van der Waals surface area contributed by atoms with E-state index in [0.29, 0.717) is 18.9 Å². The molecule has 0 aromatic heterocycles. The van der Waals surface area contributed by atoms with Crippen molar-refractivity contribution in [1.29, 1.82) is 0 Å². The second-order valence-corrected chi connectivity index (χ2v) is 6.59. The minimum Gasteiger partial charge on any atom is -0.486 e. The van der Waals surface area contributed by atoms with Crippen LogP contribution in [0.25, 0.3) is 0 Å². The number of ether oxygens (including phenoxy) is 2. The lowest BCUT2D eigenvalue weighted by Gasteiger charge is -2.32. The van der Waals surface area contributed by atoms with Gasteiger partial charge in [0.15, 0.2) is 17.6 Å². The fourth-order valence-corrected chi connectivity index (χ4v) is 3.17. The van der Waals surface area contributed by atoms with E-state index in [1.807, 2.05) is 31.2 Å². The van der Waals surface area contributed by atoms with E-state index in [2.05, 4.69) is 10.2 Å². The first kappa shape index (κ1) is 17.0. The van der Waals surface area contributed by atoms with Crippen LogP contribution in [0, 0.1) is 0 Å². The third-order valence-electron chi connectivity index (χ3n) is 4.64. The van der Waals surface area contributed by atoms with E-state index in [4.69, 9.17) is 9.47 Å². The maximum Gasteiger partial charge on any atom is 0.250 e. The van der Waals surface area contributed by atoms with E-state index in [1.54, 1.807) is 0 Å². The van der Waals surface area contributed by atoms with Gasteiger partial charge in [0.1, 0.15) is 12.7 Å². The summed E-state index contributed by atoms with van der Waals surface area (Å²) >= 11 is 0. The van der Waals surface area contributed by atoms with Crippen molar-refractivity contribution in [3.05, 3.63) is 24.3 Å². The number of amides is 1. The van der Waals surface area contributed by atoms with Crippen molar-refractivity contribution in [3.8, 4) is 11.5 Å². The molecule has 1 saturated heterocycles. The Balaban J connectivity index is 1.49. The molecule has 24 heavy (non-hydrogen) atoms. The Bertz CT molecular complexity index is 560. The van der Waals surface area contributed by atoms with E-state index in [9.17, 15) is 9.90 Å². The SMILES string of the molecule is C[C@@H](NC(=O)[C@H](O)CN1CCCCC1)[C@H]1COc2ccccc2O1. The second-order valence-electron chi connectivity index (χ2n) is 6.59. The van der Waals surface area contributed by atoms with Gasteiger partial charge in [0.25, 0.3) is 5.91 Å². The van der Waals surface area contributed by atoms with Gasteiger partial charge in [0.05, 0.1) is 6.04 Å². The van der Waals surface area contributed by atoms with Gasteiger partial charge in [0.2, 0.25) is 0 Å². The van der Waals surface area contributed by atoms with Crippen LogP contribution in [-0.4, -0.2) is 60.4 Å². The van der Waals surface area contributed by atoms with Crippen LogP contribution >= 0.6 is 0 Å². The number of carbonyl (C=O) groups is 1. The van der Waals surface area contributed by atoms with Gasteiger partial charge in [-0.25, -0.2) is 0 Å². The molecule has 0 radical (unpaired) electrons. The quantitative estimate of drug-likeness (QED) is 0.846. The van der Waals surface area contributed by atoms with Gasteiger partial charge in [-0.15, -0.1) is 0 Å². The van der Waals surface area contributed by atoms with E-state index in [0.717, 1.165) is 31.7 Å². The van der Waals surface area contributed by atoms with Crippen molar-refractivity contribution in [1.82, 2.24) is 10.2 Å². The minimum atomic E-state index is -1.01.